The van der Waals surface area contributed by atoms with Crippen LogP contribution in [0.4, 0.5) is 9.59 Å². The number of fused-ring (bicyclic) bond motifs is 2. The minimum atomic E-state index is -0.715. The van der Waals surface area contributed by atoms with Crippen LogP contribution in [-0.2, 0) is 28.5 Å². The number of rotatable bonds is 11. The molecule has 4 aliphatic heterocycles. The molecule has 0 radical (unpaired) electrons. The average Bonchev–Trinajstić information content (AvgIpc) is 4.24. The molecular formula is C54H70N8O8. The van der Waals surface area contributed by atoms with Crippen LogP contribution in [0, 0.1) is 23.7 Å². The average molecular weight is 959 g/mol. The fourth-order valence-electron chi connectivity index (χ4n) is 13.5. The van der Waals surface area contributed by atoms with Crippen molar-refractivity contribution >= 4 is 24.0 Å². The van der Waals surface area contributed by atoms with E-state index in [0.717, 1.165) is 109 Å². The molecule has 4 N–H and O–H groups in total. The number of nitrogens with zero attached hydrogens (tertiary/aromatic N) is 4. The molecule has 6 aliphatic rings. The lowest BCUT2D eigenvalue weighted by Gasteiger charge is -2.43. The van der Waals surface area contributed by atoms with Crippen molar-refractivity contribution in [2.45, 2.75) is 165 Å². The number of imidazole rings is 2. The number of aromatic nitrogens is 4. The molecule has 6 fully saturated rings. The van der Waals surface area contributed by atoms with Gasteiger partial charge in [0.1, 0.15) is 23.7 Å². The number of likely N-dealkylation sites (tertiary alicyclic amines) is 2. The van der Waals surface area contributed by atoms with Crippen LogP contribution in [0.2, 0.25) is 0 Å². The van der Waals surface area contributed by atoms with Gasteiger partial charge in [-0.1, -0.05) is 61.4 Å². The lowest BCUT2D eigenvalue weighted by atomic mass is 9.77. The number of carbonyl (C=O) groups is 4. The van der Waals surface area contributed by atoms with E-state index in [1.54, 1.807) is 0 Å². The monoisotopic (exact) mass is 959 g/mol. The van der Waals surface area contributed by atoms with Crippen LogP contribution < -0.4 is 10.6 Å². The molecule has 2 aliphatic carbocycles. The van der Waals surface area contributed by atoms with Gasteiger partial charge in [0.05, 0.1) is 74.5 Å². The summed E-state index contributed by atoms with van der Waals surface area (Å²) in [6.07, 6.45) is 13.3. The van der Waals surface area contributed by atoms with E-state index in [1.165, 1.54) is 14.2 Å². The molecule has 374 valence electrons. The summed E-state index contributed by atoms with van der Waals surface area (Å²) in [5.74, 6) is 1.63. The lowest BCUT2D eigenvalue weighted by molar-refractivity contribution is -0.144. The zero-order valence-electron chi connectivity index (χ0n) is 41.4. The van der Waals surface area contributed by atoms with Crippen LogP contribution in [0.15, 0.2) is 60.9 Å². The maximum absolute atomic E-state index is 14.7. The fraction of sp³-hybridized carbons (Fsp3) is 0.593. The zero-order valence-corrected chi connectivity index (χ0v) is 41.4. The number of amides is 4. The molecule has 0 unspecified atom stereocenters. The second-order valence-corrected chi connectivity index (χ2v) is 21.1. The van der Waals surface area contributed by atoms with Crippen molar-refractivity contribution in [1.82, 2.24) is 40.4 Å². The molecule has 14 atom stereocenters. The number of H-pyrrole nitrogens is 2. The van der Waals surface area contributed by atoms with Gasteiger partial charge in [-0.2, -0.15) is 0 Å². The van der Waals surface area contributed by atoms with Crippen molar-refractivity contribution in [3.63, 3.8) is 0 Å². The molecule has 70 heavy (non-hydrogen) atoms. The molecule has 2 aromatic heterocycles. The largest absolute Gasteiger partial charge is 0.453 e. The second kappa shape index (κ2) is 20.2. The second-order valence-electron chi connectivity index (χ2n) is 21.1. The number of benzene rings is 2. The summed E-state index contributed by atoms with van der Waals surface area (Å²) in [7, 11) is 2.68. The third kappa shape index (κ3) is 9.33. The predicted octanol–water partition coefficient (Wildman–Crippen LogP) is 8.87. The number of methoxy groups -OCH3 is 2. The Balaban J connectivity index is 0.812. The van der Waals surface area contributed by atoms with Gasteiger partial charge in [0.25, 0.3) is 0 Å². The van der Waals surface area contributed by atoms with Crippen LogP contribution in [0.5, 0.6) is 0 Å². The van der Waals surface area contributed by atoms with Gasteiger partial charge in [0, 0.05) is 12.1 Å². The summed E-state index contributed by atoms with van der Waals surface area (Å²) in [5, 5.41) is 5.94. The highest BCUT2D eigenvalue weighted by molar-refractivity contribution is 5.88. The standard InChI is InChI=1S/C54H70N8O8/c1-29-13-23-43(61(29)51(63)47(59-53(65)67-5)39-25-31(3)69-45-11-7-9-37(39)45)49-55-27-41(57-49)35-19-15-33(16-20-35)34-17-21-36(22-18-34)42-28-56-50(58-42)44-24-14-30(2)62(44)52(64)48(60-54(66)68-6)40-26-32(4)70-46-12-8-10-38(40)46/h15-22,27-32,37-40,43-48H,7-14,23-26H2,1-6H3,(H,55,57)(H,56,58)(H,59,65)(H,60,66)/t29-,30-,31+,32+,37-,38-,39+,40+,43-,44-,45-,46-,47-,48-/m0/s1. The number of hydrogen-bond donors (Lipinski definition) is 4. The highest BCUT2D eigenvalue weighted by Gasteiger charge is 2.51. The summed E-state index contributed by atoms with van der Waals surface area (Å²) in [6.45, 7) is 8.28. The Morgan fingerprint density at radius 3 is 1.34 bits per heavy atom. The SMILES string of the molecule is COC(=O)N[C@H](C(=O)N1[C@@H](C)CC[C@H]1c1ncc(-c2ccc(-c3ccc(-c4cnc([C@@H]5CC[C@H](C)N5C(=O)[C@@H](NC(=O)OC)[C@@H]5C[C@@H](C)O[C@H]6CCC[C@@H]56)[nH]4)cc3)cc2)[nH]1)[C@@H]1C[C@@H](C)O[C@H]2CCC[C@@H]12. The van der Waals surface area contributed by atoms with Gasteiger partial charge in [-0.25, -0.2) is 19.6 Å². The summed E-state index contributed by atoms with van der Waals surface area (Å²) < 4.78 is 22.7. The van der Waals surface area contributed by atoms with Crippen LogP contribution in [0.25, 0.3) is 33.6 Å². The van der Waals surface area contributed by atoms with Gasteiger partial charge in [0.15, 0.2) is 0 Å². The Kier molecular flexibility index (Phi) is 13.8. The molecule has 0 spiro atoms. The van der Waals surface area contributed by atoms with Crippen molar-refractivity contribution in [3.8, 4) is 33.6 Å². The Morgan fingerprint density at radius 2 is 0.957 bits per heavy atom. The van der Waals surface area contributed by atoms with Gasteiger partial charge in [-0.15, -0.1) is 0 Å². The van der Waals surface area contributed by atoms with E-state index in [0.29, 0.717) is 12.8 Å². The molecule has 16 heteroatoms. The molecule has 2 aromatic carbocycles. The maximum Gasteiger partial charge on any atom is 0.407 e. The molecule has 4 aromatic rings. The highest BCUT2D eigenvalue weighted by atomic mass is 16.5. The van der Waals surface area contributed by atoms with Gasteiger partial charge in [-0.05, 0) is 138 Å². The number of carbonyl (C=O) groups excluding carboxylic acids is 4. The van der Waals surface area contributed by atoms with Crippen molar-refractivity contribution in [3.05, 3.63) is 72.6 Å². The smallest absolute Gasteiger partial charge is 0.407 e. The van der Waals surface area contributed by atoms with Crippen molar-refractivity contribution in [2.75, 3.05) is 14.2 Å². The minimum Gasteiger partial charge on any atom is -0.453 e. The van der Waals surface area contributed by atoms with Gasteiger partial charge < -0.3 is 49.3 Å². The van der Waals surface area contributed by atoms with E-state index in [-0.39, 0.29) is 84.1 Å². The van der Waals surface area contributed by atoms with Gasteiger partial charge in [-0.3, -0.25) is 9.59 Å². The van der Waals surface area contributed by atoms with Crippen molar-refractivity contribution < 1.29 is 38.1 Å². The van der Waals surface area contributed by atoms with Crippen LogP contribution >= 0.6 is 0 Å². The number of nitrogens with one attached hydrogen (secondary N) is 4. The third-order valence-corrected chi connectivity index (χ3v) is 16.8. The first-order valence-electron chi connectivity index (χ1n) is 25.8. The molecule has 2 saturated carbocycles. The molecule has 16 nitrogen and oxygen atoms in total. The Morgan fingerprint density at radius 1 is 0.571 bits per heavy atom. The number of alkyl carbamates (subject to hydrolysis) is 2. The molecule has 10 rings (SSSR count). The Bertz CT molecular complexity index is 2340. The normalized spacial score (nSPS) is 31.4. The van der Waals surface area contributed by atoms with E-state index < -0.39 is 24.3 Å². The summed E-state index contributed by atoms with van der Waals surface area (Å²) in [4.78, 5) is 75.6. The van der Waals surface area contributed by atoms with E-state index >= 15 is 0 Å². The lowest BCUT2D eigenvalue weighted by Crippen LogP contribution is -2.57. The van der Waals surface area contributed by atoms with E-state index in [4.69, 9.17) is 28.9 Å². The highest BCUT2D eigenvalue weighted by Crippen LogP contribution is 2.47. The molecule has 4 amide bonds. The zero-order chi connectivity index (χ0) is 48.8. The van der Waals surface area contributed by atoms with Crippen LogP contribution in [0.1, 0.15) is 128 Å². The molecule has 6 heterocycles. The molecule has 4 saturated heterocycles. The number of ether oxygens (including phenoxy) is 4. The first-order chi connectivity index (χ1) is 33.9. The third-order valence-electron chi connectivity index (χ3n) is 16.8. The van der Waals surface area contributed by atoms with Crippen LogP contribution in [0.3, 0.4) is 0 Å². The Hall–Kier alpha value is -5.74. The molecule has 0 bridgehead atoms. The first kappa shape index (κ1) is 47.9. The van der Waals surface area contributed by atoms with Crippen LogP contribution in [-0.4, -0.2) is 117 Å². The predicted molar refractivity (Wildman–Crippen MR) is 262 cm³/mol. The first-order valence-corrected chi connectivity index (χ1v) is 25.8. The number of aromatic amines is 2. The van der Waals surface area contributed by atoms with Crippen molar-refractivity contribution in [2.24, 2.45) is 23.7 Å². The van der Waals surface area contributed by atoms with E-state index in [9.17, 15) is 19.2 Å². The summed E-state index contributed by atoms with van der Waals surface area (Å²) in [6, 6.07) is 14.7. The minimum absolute atomic E-state index is 0.00458. The quantitative estimate of drug-likeness (QED) is 0.113. The van der Waals surface area contributed by atoms with Gasteiger partial charge in [0.2, 0.25) is 11.8 Å². The fourth-order valence-corrected chi connectivity index (χ4v) is 13.5. The molecular weight excluding hydrogens is 889 g/mol. The van der Waals surface area contributed by atoms with E-state index in [1.807, 2.05) is 22.2 Å². The summed E-state index contributed by atoms with van der Waals surface area (Å²) in [5.41, 5.74) is 5.81. The maximum atomic E-state index is 14.7. The van der Waals surface area contributed by atoms with Gasteiger partial charge >= 0.3 is 12.2 Å². The Labute approximate surface area is 410 Å². The van der Waals surface area contributed by atoms with E-state index in [2.05, 4.69) is 96.8 Å². The number of hydrogen-bond acceptors (Lipinski definition) is 10. The topological polar surface area (TPSA) is 193 Å². The van der Waals surface area contributed by atoms with Crippen molar-refractivity contribution in [1.29, 1.82) is 0 Å². The summed E-state index contributed by atoms with van der Waals surface area (Å²) >= 11 is 0.